The second-order valence-electron chi connectivity index (χ2n) is 8.43. The second-order valence-corrected chi connectivity index (χ2v) is 8.84. The molecule has 0 aromatic carbocycles. The first-order chi connectivity index (χ1) is 14.1. The van der Waals surface area contributed by atoms with E-state index in [0.29, 0.717) is 34.8 Å². The van der Waals surface area contributed by atoms with Crippen molar-refractivity contribution in [3.05, 3.63) is 29.4 Å². The molecule has 2 heterocycles. The Morgan fingerprint density at radius 2 is 1.79 bits per heavy atom. The van der Waals surface area contributed by atoms with E-state index in [1.807, 2.05) is 12.1 Å². The summed E-state index contributed by atoms with van der Waals surface area (Å²) in [5, 5.41) is 3.97. The van der Waals surface area contributed by atoms with Crippen LogP contribution < -0.4 is 16.0 Å². The highest BCUT2D eigenvalue weighted by Crippen LogP contribution is 2.29. The van der Waals surface area contributed by atoms with Gasteiger partial charge in [-0.15, -0.1) is 0 Å². The van der Waals surface area contributed by atoms with Crippen LogP contribution in [0.5, 0.6) is 0 Å². The summed E-state index contributed by atoms with van der Waals surface area (Å²) in [6, 6.07) is 7.31. The molecule has 7 heteroatoms. The highest BCUT2D eigenvalue weighted by Gasteiger charge is 2.21. The average Bonchev–Trinajstić information content (AvgIpc) is 2.77. The number of nitrogens with two attached hydrogens (primary N) is 1. The molecule has 0 saturated heterocycles. The number of aromatic nitrogens is 3. The monoisotopic (exact) mass is 414 g/mol. The Labute approximate surface area is 178 Å². The highest BCUT2D eigenvalue weighted by atomic mass is 35.5. The molecule has 0 spiro atoms. The third-order valence-corrected chi connectivity index (χ3v) is 6.59. The van der Waals surface area contributed by atoms with Crippen LogP contribution in [-0.2, 0) is 0 Å². The lowest BCUT2D eigenvalue weighted by Gasteiger charge is -2.32. The average molecular weight is 415 g/mol. The molecular formula is C22H31ClN6. The summed E-state index contributed by atoms with van der Waals surface area (Å²) < 4.78 is 0. The zero-order valence-electron chi connectivity index (χ0n) is 17.1. The number of nitrogens with zero attached hydrogens (tertiary/aromatic N) is 4. The van der Waals surface area contributed by atoms with Crippen molar-refractivity contribution in [1.29, 1.82) is 0 Å². The maximum Gasteiger partial charge on any atom is 0.223 e. The van der Waals surface area contributed by atoms with Crippen molar-refractivity contribution in [1.82, 2.24) is 15.0 Å². The van der Waals surface area contributed by atoms with Gasteiger partial charge < -0.3 is 16.0 Å². The molecule has 6 nitrogen and oxygen atoms in total. The number of nitrogens with one attached hydrogen (secondary N) is 1. The van der Waals surface area contributed by atoms with E-state index in [2.05, 4.69) is 28.3 Å². The van der Waals surface area contributed by atoms with Gasteiger partial charge in [0.05, 0.1) is 16.9 Å². The van der Waals surface area contributed by atoms with Crippen LogP contribution in [0.3, 0.4) is 0 Å². The Morgan fingerprint density at radius 3 is 2.55 bits per heavy atom. The van der Waals surface area contributed by atoms with Crippen LogP contribution >= 0.6 is 11.6 Å². The van der Waals surface area contributed by atoms with Gasteiger partial charge in [-0.05, 0) is 50.7 Å². The Balaban J connectivity index is 1.53. The Morgan fingerprint density at radius 1 is 1.03 bits per heavy atom. The molecule has 156 valence electrons. The normalized spacial score (nSPS) is 23.0. The maximum absolute atomic E-state index is 6.45. The lowest BCUT2D eigenvalue weighted by Crippen LogP contribution is -2.33. The zero-order valence-corrected chi connectivity index (χ0v) is 17.9. The summed E-state index contributed by atoms with van der Waals surface area (Å²) >= 11 is 6.45. The molecule has 2 fully saturated rings. The Bertz CT molecular complexity index is 815. The second kappa shape index (κ2) is 9.26. The summed E-state index contributed by atoms with van der Waals surface area (Å²) in [7, 11) is 2.14. The molecule has 2 saturated carbocycles. The minimum absolute atomic E-state index is 0.322. The van der Waals surface area contributed by atoms with Crippen LogP contribution in [-0.4, -0.2) is 40.1 Å². The van der Waals surface area contributed by atoms with Gasteiger partial charge >= 0.3 is 0 Å². The number of rotatable bonds is 5. The van der Waals surface area contributed by atoms with Crippen molar-refractivity contribution in [2.24, 2.45) is 5.73 Å². The van der Waals surface area contributed by atoms with E-state index in [-0.39, 0.29) is 0 Å². The number of hydrogen-bond donors (Lipinski definition) is 2. The molecule has 0 radical (unpaired) electrons. The van der Waals surface area contributed by atoms with E-state index in [9.17, 15) is 0 Å². The quantitative estimate of drug-likeness (QED) is 0.741. The molecule has 3 N–H and O–H groups in total. The maximum atomic E-state index is 6.45. The molecule has 4 rings (SSSR count). The molecule has 29 heavy (non-hydrogen) atoms. The van der Waals surface area contributed by atoms with Crippen LogP contribution in [0.1, 0.15) is 57.8 Å². The number of hydrogen-bond acceptors (Lipinski definition) is 6. The summed E-state index contributed by atoms with van der Waals surface area (Å²) in [6.45, 7) is 0. The van der Waals surface area contributed by atoms with Gasteiger partial charge in [0.25, 0.3) is 0 Å². The molecule has 2 aliphatic rings. The van der Waals surface area contributed by atoms with E-state index in [0.717, 1.165) is 37.2 Å². The van der Waals surface area contributed by atoms with Gasteiger partial charge in [0.2, 0.25) is 5.95 Å². The van der Waals surface area contributed by atoms with Crippen LogP contribution in [0, 0.1) is 0 Å². The fourth-order valence-corrected chi connectivity index (χ4v) is 4.66. The number of halogens is 1. The molecule has 0 bridgehead atoms. The lowest BCUT2D eigenvalue weighted by molar-refractivity contribution is 0.410. The minimum Gasteiger partial charge on any atom is -0.357 e. The van der Waals surface area contributed by atoms with Gasteiger partial charge in [0.1, 0.15) is 11.5 Å². The first-order valence-electron chi connectivity index (χ1n) is 10.8. The van der Waals surface area contributed by atoms with Gasteiger partial charge in [-0.3, -0.25) is 0 Å². The van der Waals surface area contributed by atoms with E-state index in [1.54, 1.807) is 6.20 Å². The zero-order chi connectivity index (χ0) is 20.2. The molecule has 0 unspecified atom stereocenters. The standard InChI is InChI=1S/C22H31ClN6/c1-29(17-6-3-2-4-7-17)20-9-5-8-19(27-20)21-18(23)14-25-22(28-21)26-16-12-10-15(24)11-13-16/h5,8-9,14-17H,2-4,6-7,10-13,24H2,1H3,(H,25,26,28). The van der Waals surface area contributed by atoms with Crippen molar-refractivity contribution in [3.63, 3.8) is 0 Å². The highest BCUT2D eigenvalue weighted by molar-refractivity contribution is 6.32. The van der Waals surface area contributed by atoms with Gasteiger partial charge in [-0.2, -0.15) is 0 Å². The number of pyridine rings is 1. The van der Waals surface area contributed by atoms with Gasteiger partial charge in [0, 0.05) is 25.2 Å². The predicted molar refractivity (Wildman–Crippen MR) is 119 cm³/mol. The smallest absolute Gasteiger partial charge is 0.223 e. The summed E-state index contributed by atoms with van der Waals surface area (Å²) in [6.07, 6.45) is 12.2. The summed E-state index contributed by atoms with van der Waals surface area (Å²) in [4.78, 5) is 16.3. The molecule has 0 aliphatic heterocycles. The third kappa shape index (κ3) is 4.98. The van der Waals surface area contributed by atoms with Crippen LogP contribution in [0.4, 0.5) is 11.8 Å². The predicted octanol–water partition coefficient (Wildman–Crippen LogP) is 4.64. The summed E-state index contributed by atoms with van der Waals surface area (Å²) in [5.74, 6) is 1.58. The molecule has 2 aromatic rings. The van der Waals surface area contributed by atoms with Crippen LogP contribution in [0.25, 0.3) is 11.4 Å². The fourth-order valence-electron chi connectivity index (χ4n) is 4.47. The Hall–Kier alpha value is -1.92. The molecule has 0 amide bonds. The molecular weight excluding hydrogens is 384 g/mol. The van der Waals surface area contributed by atoms with E-state index in [4.69, 9.17) is 27.3 Å². The van der Waals surface area contributed by atoms with Gasteiger partial charge in [-0.1, -0.05) is 36.9 Å². The van der Waals surface area contributed by atoms with Gasteiger partial charge in [-0.25, -0.2) is 15.0 Å². The van der Waals surface area contributed by atoms with E-state index in [1.165, 1.54) is 32.1 Å². The fraction of sp³-hybridized carbons (Fsp3) is 0.591. The van der Waals surface area contributed by atoms with Crippen molar-refractivity contribution in [3.8, 4) is 11.4 Å². The summed E-state index contributed by atoms with van der Waals surface area (Å²) in [5.41, 5.74) is 7.47. The van der Waals surface area contributed by atoms with Crippen molar-refractivity contribution < 1.29 is 0 Å². The third-order valence-electron chi connectivity index (χ3n) is 6.31. The number of anilines is 2. The van der Waals surface area contributed by atoms with E-state index < -0.39 is 0 Å². The lowest BCUT2D eigenvalue weighted by atomic mass is 9.92. The van der Waals surface area contributed by atoms with Crippen molar-refractivity contribution in [2.45, 2.75) is 75.9 Å². The van der Waals surface area contributed by atoms with Gasteiger partial charge in [0.15, 0.2) is 0 Å². The van der Waals surface area contributed by atoms with Crippen LogP contribution in [0.15, 0.2) is 24.4 Å². The van der Waals surface area contributed by atoms with Crippen LogP contribution in [0.2, 0.25) is 5.02 Å². The first kappa shape index (κ1) is 20.4. The molecule has 2 aliphatic carbocycles. The van der Waals surface area contributed by atoms with Crippen molar-refractivity contribution >= 4 is 23.4 Å². The molecule has 2 aromatic heterocycles. The Kier molecular flexibility index (Phi) is 6.50. The topological polar surface area (TPSA) is 80.0 Å². The minimum atomic E-state index is 0.322. The molecule has 0 atom stereocenters. The van der Waals surface area contributed by atoms with E-state index >= 15 is 0 Å². The first-order valence-corrected chi connectivity index (χ1v) is 11.2. The largest absolute Gasteiger partial charge is 0.357 e. The van der Waals surface area contributed by atoms with Crippen molar-refractivity contribution in [2.75, 3.05) is 17.3 Å². The SMILES string of the molecule is CN(c1cccc(-c2nc(NC3CCC(N)CC3)ncc2Cl)n1)C1CCCCC1.